The number of nitrogens with two attached hydrogens (primary N) is 1. The molecule has 1 aliphatic rings. The molecule has 0 aliphatic carbocycles. The summed E-state index contributed by atoms with van der Waals surface area (Å²) in [6.45, 7) is 4.02. The van der Waals surface area contributed by atoms with Gasteiger partial charge in [-0.1, -0.05) is 13.8 Å². The first-order valence-electron chi connectivity index (χ1n) is 10.3. The number of hydrogen-bond acceptors (Lipinski definition) is 7. The van der Waals surface area contributed by atoms with Crippen molar-refractivity contribution in [2.24, 2.45) is 11.7 Å². The van der Waals surface area contributed by atoms with E-state index in [1.165, 1.54) is 0 Å². The predicted molar refractivity (Wildman–Crippen MR) is 110 cm³/mol. The van der Waals surface area contributed by atoms with Crippen LogP contribution in [0, 0.1) is 5.92 Å². The number of amides is 4. The number of primary amides is 1. The molecule has 4 atom stereocenters. The van der Waals surface area contributed by atoms with Gasteiger partial charge in [0.1, 0.15) is 18.1 Å². The quantitative estimate of drug-likeness (QED) is 0.158. The summed E-state index contributed by atoms with van der Waals surface area (Å²) < 4.78 is 0. The molecule has 0 radical (unpaired) electrons. The number of carboxylic acids is 2. The van der Waals surface area contributed by atoms with Crippen LogP contribution in [-0.2, 0) is 28.8 Å². The van der Waals surface area contributed by atoms with Crippen molar-refractivity contribution in [3.63, 3.8) is 0 Å². The highest BCUT2D eigenvalue weighted by Crippen LogP contribution is 2.09. The highest BCUT2D eigenvalue weighted by atomic mass is 16.4. The fourth-order valence-corrected chi connectivity index (χ4v) is 3.16. The van der Waals surface area contributed by atoms with Crippen molar-refractivity contribution < 1.29 is 39.0 Å². The fourth-order valence-electron chi connectivity index (χ4n) is 3.16. The zero-order chi connectivity index (χ0) is 24.4. The van der Waals surface area contributed by atoms with E-state index < -0.39 is 60.2 Å². The van der Waals surface area contributed by atoms with Crippen LogP contribution in [0.15, 0.2) is 0 Å². The van der Waals surface area contributed by atoms with Crippen molar-refractivity contribution in [3.8, 4) is 0 Å². The van der Waals surface area contributed by atoms with Crippen LogP contribution < -0.4 is 27.0 Å². The molecule has 0 saturated carbocycles. The minimum absolute atomic E-state index is 0.302. The van der Waals surface area contributed by atoms with E-state index in [-0.39, 0.29) is 24.7 Å². The first-order valence-corrected chi connectivity index (χ1v) is 10.3. The summed E-state index contributed by atoms with van der Waals surface area (Å²) in [5, 5.41) is 28.3. The van der Waals surface area contributed by atoms with Gasteiger partial charge in [-0.25, -0.2) is 4.79 Å². The summed E-state index contributed by atoms with van der Waals surface area (Å²) in [6.07, 6.45) is -0.00206. The van der Waals surface area contributed by atoms with Gasteiger partial charge in [-0.15, -0.1) is 0 Å². The lowest BCUT2D eigenvalue weighted by Crippen LogP contribution is -2.58. The predicted octanol–water partition coefficient (Wildman–Crippen LogP) is -2.33. The minimum atomic E-state index is -1.60. The van der Waals surface area contributed by atoms with Gasteiger partial charge in [-0.3, -0.25) is 24.0 Å². The van der Waals surface area contributed by atoms with Crippen molar-refractivity contribution in [1.29, 1.82) is 0 Å². The molecule has 0 bridgehead atoms. The number of hydrogen-bond donors (Lipinski definition) is 7. The molecule has 4 amide bonds. The average molecular weight is 457 g/mol. The molecule has 180 valence electrons. The molecule has 13 nitrogen and oxygen atoms in total. The maximum absolute atomic E-state index is 12.8. The number of carbonyl (C=O) groups excluding carboxylic acids is 4. The molecule has 1 heterocycles. The third kappa shape index (κ3) is 8.88. The summed E-state index contributed by atoms with van der Waals surface area (Å²) in [7, 11) is 0. The van der Waals surface area contributed by atoms with Crippen LogP contribution in [-0.4, -0.2) is 76.5 Å². The van der Waals surface area contributed by atoms with Crippen LogP contribution in [0.4, 0.5) is 0 Å². The molecule has 0 spiro atoms. The zero-order valence-corrected chi connectivity index (χ0v) is 18.1. The summed E-state index contributed by atoms with van der Waals surface area (Å²) >= 11 is 0. The van der Waals surface area contributed by atoms with Crippen LogP contribution in [0.5, 0.6) is 0 Å². The van der Waals surface area contributed by atoms with Crippen LogP contribution >= 0.6 is 0 Å². The van der Waals surface area contributed by atoms with E-state index in [4.69, 9.17) is 10.8 Å². The number of carboxylic acid groups (broad SMARTS) is 2. The number of carbonyl (C=O) groups is 6. The van der Waals surface area contributed by atoms with Gasteiger partial charge in [0.2, 0.25) is 23.6 Å². The summed E-state index contributed by atoms with van der Waals surface area (Å²) in [5.74, 6) is -6.22. The van der Waals surface area contributed by atoms with Gasteiger partial charge < -0.3 is 37.2 Å². The van der Waals surface area contributed by atoms with Gasteiger partial charge in [-0.05, 0) is 31.7 Å². The Hall–Kier alpha value is -3.22. The van der Waals surface area contributed by atoms with Gasteiger partial charge in [0.05, 0.1) is 12.5 Å². The molecule has 13 heteroatoms. The first kappa shape index (κ1) is 26.8. The van der Waals surface area contributed by atoms with E-state index in [9.17, 15) is 33.9 Å². The van der Waals surface area contributed by atoms with E-state index in [1.54, 1.807) is 13.8 Å². The van der Waals surface area contributed by atoms with Crippen molar-refractivity contribution in [2.75, 3.05) is 6.54 Å². The number of aliphatic carboxylic acids is 2. The Kier molecular flexibility index (Phi) is 10.5. The summed E-state index contributed by atoms with van der Waals surface area (Å²) in [6, 6.07) is -4.58. The zero-order valence-electron chi connectivity index (χ0n) is 18.1. The van der Waals surface area contributed by atoms with E-state index in [2.05, 4.69) is 21.3 Å². The molecule has 1 rings (SSSR count). The second-order valence-corrected chi connectivity index (χ2v) is 7.94. The van der Waals surface area contributed by atoms with Gasteiger partial charge in [0, 0.05) is 6.42 Å². The van der Waals surface area contributed by atoms with Crippen LogP contribution in [0.25, 0.3) is 0 Å². The van der Waals surface area contributed by atoms with Gasteiger partial charge in [0.25, 0.3) is 0 Å². The first-order chi connectivity index (χ1) is 14.9. The Morgan fingerprint density at radius 3 is 2.09 bits per heavy atom. The number of nitrogens with one attached hydrogen (secondary N) is 4. The minimum Gasteiger partial charge on any atom is -0.481 e. The topological polar surface area (TPSA) is 217 Å². The maximum atomic E-state index is 12.8. The molecule has 0 aromatic rings. The molecule has 8 N–H and O–H groups in total. The molecule has 1 aliphatic heterocycles. The molecule has 32 heavy (non-hydrogen) atoms. The van der Waals surface area contributed by atoms with Crippen molar-refractivity contribution in [3.05, 3.63) is 0 Å². The lowest BCUT2D eigenvalue weighted by molar-refractivity contribution is -0.144. The summed E-state index contributed by atoms with van der Waals surface area (Å²) in [5.41, 5.74) is 4.99. The second kappa shape index (κ2) is 12.6. The highest BCUT2D eigenvalue weighted by molar-refractivity contribution is 5.95. The maximum Gasteiger partial charge on any atom is 0.326 e. The Bertz CT molecular complexity index is 735. The standard InChI is InChI=1S/C19H31N5O8/c1-9(2)15(24-16(28)10-4-3-7-21-10)18(30)23-12(8-14(26)27)17(29)22-11(19(31)32)5-6-13(20)25/h9-12,15,21H,3-8H2,1-2H3,(H2,20,25)(H,22,29)(H,23,30)(H,24,28)(H,26,27)(H,31,32). The second-order valence-electron chi connectivity index (χ2n) is 7.94. The molecular formula is C19H31N5O8. The van der Waals surface area contributed by atoms with Crippen molar-refractivity contribution in [2.45, 2.75) is 70.1 Å². The average Bonchev–Trinajstić information content (AvgIpc) is 3.22. The molecule has 0 aromatic carbocycles. The lowest BCUT2D eigenvalue weighted by Gasteiger charge is -2.26. The Balaban J connectivity index is 2.89. The SMILES string of the molecule is CC(C)C(NC(=O)C1CCCN1)C(=O)NC(CC(=O)O)C(=O)NC(CCC(N)=O)C(=O)O. The van der Waals surface area contributed by atoms with Crippen LogP contribution in [0.1, 0.15) is 46.0 Å². The van der Waals surface area contributed by atoms with Gasteiger partial charge in [0.15, 0.2) is 0 Å². The lowest BCUT2D eigenvalue weighted by atomic mass is 10.0. The van der Waals surface area contributed by atoms with Crippen LogP contribution in [0.3, 0.4) is 0 Å². The smallest absolute Gasteiger partial charge is 0.326 e. The largest absolute Gasteiger partial charge is 0.481 e. The van der Waals surface area contributed by atoms with E-state index in [0.717, 1.165) is 6.42 Å². The van der Waals surface area contributed by atoms with E-state index in [0.29, 0.717) is 13.0 Å². The molecule has 1 saturated heterocycles. The monoisotopic (exact) mass is 457 g/mol. The highest BCUT2D eigenvalue weighted by Gasteiger charge is 2.33. The Morgan fingerprint density at radius 1 is 1.00 bits per heavy atom. The molecule has 4 unspecified atom stereocenters. The summed E-state index contributed by atoms with van der Waals surface area (Å²) in [4.78, 5) is 71.1. The number of rotatable bonds is 13. The van der Waals surface area contributed by atoms with Gasteiger partial charge in [-0.2, -0.15) is 0 Å². The third-order valence-corrected chi connectivity index (χ3v) is 4.93. The van der Waals surface area contributed by atoms with Gasteiger partial charge >= 0.3 is 11.9 Å². The van der Waals surface area contributed by atoms with Crippen molar-refractivity contribution in [1.82, 2.24) is 21.3 Å². The van der Waals surface area contributed by atoms with Crippen molar-refractivity contribution >= 4 is 35.6 Å². The third-order valence-electron chi connectivity index (χ3n) is 4.93. The van der Waals surface area contributed by atoms with E-state index in [1.807, 2.05) is 0 Å². The molecular weight excluding hydrogens is 426 g/mol. The Labute approximate surface area is 184 Å². The fraction of sp³-hybridized carbons (Fsp3) is 0.684. The van der Waals surface area contributed by atoms with Crippen LogP contribution in [0.2, 0.25) is 0 Å². The Morgan fingerprint density at radius 2 is 1.62 bits per heavy atom. The normalized spacial score (nSPS) is 18.3. The molecule has 1 fully saturated rings. The molecule has 0 aromatic heterocycles. The van der Waals surface area contributed by atoms with E-state index >= 15 is 0 Å².